The lowest BCUT2D eigenvalue weighted by atomic mass is 9.86. The third-order valence-electron chi connectivity index (χ3n) is 7.30. The number of carbonyl (C=O) groups is 2. The van der Waals surface area contributed by atoms with Gasteiger partial charge in [0.15, 0.2) is 0 Å². The van der Waals surface area contributed by atoms with Crippen LogP contribution in [0.4, 0.5) is 0 Å². The molecular formula is C26H34Cl2N2O6S. The van der Waals surface area contributed by atoms with Crippen molar-refractivity contribution in [3.05, 3.63) is 59.7 Å². The van der Waals surface area contributed by atoms with Crippen molar-refractivity contribution in [2.45, 2.75) is 35.5 Å². The van der Waals surface area contributed by atoms with Crippen LogP contribution in [-0.4, -0.2) is 56.7 Å². The minimum absolute atomic E-state index is 0. The maximum Gasteiger partial charge on any atom is 0.307 e. The average molecular weight is 574 g/mol. The Morgan fingerprint density at radius 2 is 1.19 bits per heavy atom. The molecule has 0 bridgehead atoms. The zero-order valence-electron chi connectivity index (χ0n) is 20.3. The largest absolute Gasteiger partial charge is 0.481 e. The van der Waals surface area contributed by atoms with Crippen molar-refractivity contribution >= 4 is 46.6 Å². The van der Waals surface area contributed by atoms with Gasteiger partial charge in [-0.3, -0.25) is 9.59 Å². The van der Waals surface area contributed by atoms with Crippen molar-refractivity contribution in [2.75, 3.05) is 26.2 Å². The van der Waals surface area contributed by atoms with E-state index in [-0.39, 0.29) is 59.3 Å². The highest BCUT2D eigenvalue weighted by molar-refractivity contribution is 7.91. The van der Waals surface area contributed by atoms with Crippen molar-refractivity contribution in [3.8, 4) is 0 Å². The SMILES string of the molecule is Cl.Cl.O=C(O)[C@@H](Cc1cccc(S(=O)(=O)c2cccc(C[C@H](C(=O)O)[C@H]3CCNC3)c2)c1)[C@H]1CCNC1. The number of hydrogen-bond donors (Lipinski definition) is 4. The molecule has 0 unspecified atom stereocenters. The summed E-state index contributed by atoms with van der Waals surface area (Å²) in [5.74, 6) is -2.87. The van der Waals surface area contributed by atoms with E-state index < -0.39 is 33.6 Å². The van der Waals surface area contributed by atoms with Crippen LogP contribution in [0.25, 0.3) is 0 Å². The van der Waals surface area contributed by atoms with Crippen LogP contribution in [-0.2, 0) is 32.3 Å². The summed E-state index contributed by atoms with van der Waals surface area (Å²) in [6.45, 7) is 2.88. The molecule has 2 fully saturated rings. The predicted octanol–water partition coefficient (Wildman–Crippen LogP) is 3.07. The number of carboxylic acids is 2. The summed E-state index contributed by atoms with van der Waals surface area (Å²) in [5, 5.41) is 25.8. The van der Waals surface area contributed by atoms with Crippen molar-refractivity contribution in [2.24, 2.45) is 23.7 Å². The fourth-order valence-corrected chi connectivity index (χ4v) is 6.68. The normalized spacial score (nSPS) is 20.9. The number of aliphatic carboxylic acids is 2. The summed E-state index contributed by atoms with van der Waals surface area (Å²) in [5.41, 5.74) is 1.34. The average Bonchev–Trinajstić information content (AvgIpc) is 3.56. The van der Waals surface area contributed by atoms with Crippen molar-refractivity contribution in [3.63, 3.8) is 0 Å². The van der Waals surface area contributed by atoms with E-state index in [4.69, 9.17) is 0 Å². The molecule has 2 aromatic carbocycles. The van der Waals surface area contributed by atoms with Crippen molar-refractivity contribution in [1.29, 1.82) is 0 Å². The molecule has 2 heterocycles. The molecule has 0 aromatic heterocycles. The van der Waals surface area contributed by atoms with Gasteiger partial charge < -0.3 is 20.8 Å². The summed E-state index contributed by atoms with van der Waals surface area (Å²) in [4.78, 5) is 24.0. The second-order valence-corrected chi connectivity index (χ2v) is 11.6. The molecular weight excluding hydrogens is 539 g/mol. The second-order valence-electron chi connectivity index (χ2n) is 9.60. The first kappa shape index (κ1) is 31.1. The molecule has 0 saturated carbocycles. The summed E-state index contributed by atoms with van der Waals surface area (Å²) in [6, 6.07) is 13.0. The van der Waals surface area contributed by atoms with Gasteiger partial charge in [-0.25, -0.2) is 8.42 Å². The van der Waals surface area contributed by atoms with Crippen LogP contribution in [0.5, 0.6) is 0 Å². The lowest BCUT2D eigenvalue weighted by Crippen LogP contribution is -2.27. The number of hydrogen-bond acceptors (Lipinski definition) is 6. The minimum Gasteiger partial charge on any atom is -0.481 e. The van der Waals surface area contributed by atoms with Crippen LogP contribution in [0, 0.1) is 23.7 Å². The van der Waals surface area contributed by atoms with E-state index in [9.17, 15) is 28.2 Å². The van der Waals surface area contributed by atoms with Gasteiger partial charge >= 0.3 is 11.9 Å². The third kappa shape index (κ3) is 7.45. The molecule has 11 heteroatoms. The first-order valence-electron chi connectivity index (χ1n) is 12.1. The fraction of sp³-hybridized carbons (Fsp3) is 0.462. The minimum atomic E-state index is -3.85. The molecule has 204 valence electrons. The summed E-state index contributed by atoms with van der Waals surface area (Å²) in [6.07, 6.45) is 2.10. The monoisotopic (exact) mass is 572 g/mol. The molecule has 0 radical (unpaired) electrons. The Labute approximate surface area is 230 Å². The fourth-order valence-electron chi connectivity index (χ4n) is 5.28. The molecule has 4 rings (SSSR count). The predicted molar refractivity (Wildman–Crippen MR) is 144 cm³/mol. The number of carboxylic acid groups (broad SMARTS) is 2. The van der Waals surface area contributed by atoms with E-state index in [1.54, 1.807) is 36.4 Å². The van der Waals surface area contributed by atoms with Crippen LogP contribution in [0.15, 0.2) is 58.3 Å². The van der Waals surface area contributed by atoms with E-state index in [1.165, 1.54) is 12.1 Å². The van der Waals surface area contributed by atoms with E-state index in [0.717, 1.165) is 25.9 Å². The zero-order valence-corrected chi connectivity index (χ0v) is 22.8. The Kier molecular flexibility index (Phi) is 11.4. The molecule has 2 aliphatic heterocycles. The van der Waals surface area contributed by atoms with Crippen molar-refractivity contribution < 1.29 is 28.2 Å². The highest BCUT2D eigenvalue weighted by atomic mass is 35.5. The first-order valence-corrected chi connectivity index (χ1v) is 13.5. The zero-order chi connectivity index (χ0) is 25.0. The number of rotatable bonds is 10. The van der Waals surface area contributed by atoms with Gasteiger partial charge in [0.05, 0.1) is 21.6 Å². The molecule has 0 spiro atoms. The van der Waals surface area contributed by atoms with Gasteiger partial charge in [0.2, 0.25) is 9.84 Å². The molecule has 8 nitrogen and oxygen atoms in total. The number of sulfone groups is 1. The summed E-state index contributed by atoms with van der Waals surface area (Å²) < 4.78 is 26.9. The lowest BCUT2D eigenvalue weighted by molar-refractivity contribution is -0.144. The second kappa shape index (κ2) is 13.6. The molecule has 2 aliphatic rings. The standard InChI is InChI=1S/C26H32N2O6S.2ClH/c29-25(30)23(19-7-9-27-15-19)13-17-3-1-5-21(11-17)35(33,34)22-6-2-4-18(12-22)14-24(26(31)32)20-8-10-28-16-20;;/h1-6,11-12,19-20,23-24,27-28H,7-10,13-16H2,(H,29,30)(H,31,32);2*1H/t19-,20-,23-,24-;;/m0../s1. The Bertz CT molecular complexity index is 1100. The van der Waals surface area contributed by atoms with Gasteiger partial charge in [0.25, 0.3) is 0 Å². The lowest BCUT2D eigenvalue weighted by Gasteiger charge is -2.19. The molecule has 0 amide bonds. The van der Waals surface area contributed by atoms with Gasteiger partial charge in [-0.15, -0.1) is 24.8 Å². The highest BCUT2D eigenvalue weighted by Gasteiger charge is 2.32. The Balaban J connectivity index is 0.00000241. The number of nitrogens with one attached hydrogen (secondary N) is 2. The smallest absolute Gasteiger partial charge is 0.307 e. The van der Waals surface area contributed by atoms with Crippen LogP contribution in [0.3, 0.4) is 0 Å². The maximum atomic E-state index is 13.4. The van der Waals surface area contributed by atoms with E-state index in [2.05, 4.69) is 10.6 Å². The van der Waals surface area contributed by atoms with Gasteiger partial charge in [-0.2, -0.15) is 0 Å². The Morgan fingerprint density at radius 3 is 1.51 bits per heavy atom. The quantitative estimate of drug-likeness (QED) is 0.341. The summed E-state index contributed by atoms with van der Waals surface area (Å²) in [7, 11) is -3.85. The third-order valence-corrected chi connectivity index (χ3v) is 9.05. The Hall–Kier alpha value is -2.17. The van der Waals surface area contributed by atoms with Gasteiger partial charge in [-0.1, -0.05) is 24.3 Å². The molecule has 2 aromatic rings. The highest BCUT2D eigenvalue weighted by Crippen LogP contribution is 2.29. The molecule has 37 heavy (non-hydrogen) atoms. The van der Waals surface area contributed by atoms with E-state index >= 15 is 0 Å². The van der Waals surface area contributed by atoms with Crippen LogP contribution in [0.2, 0.25) is 0 Å². The van der Waals surface area contributed by atoms with Crippen LogP contribution < -0.4 is 10.6 Å². The van der Waals surface area contributed by atoms with Crippen molar-refractivity contribution in [1.82, 2.24) is 10.6 Å². The van der Waals surface area contributed by atoms with Crippen LogP contribution >= 0.6 is 24.8 Å². The molecule has 4 atom stereocenters. The first-order chi connectivity index (χ1) is 16.8. The van der Waals surface area contributed by atoms with Crippen LogP contribution in [0.1, 0.15) is 24.0 Å². The molecule has 4 N–H and O–H groups in total. The van der Waals surface area contributed by atoms with E-state index in [0.29, 0.717) is 24.2 Å². The molecule has 2 saturated heterocycles. The van der Waals surface area contributed by atoms with E-state index in [1.807, 2.05) is 0 Å². The van der Waals surface area contributed by atoms with Gasteiger partial charge in [0.1, 0.15) is 0 Å². The number of benzene rings is 2. The summed E-state index contributed by atoms with van der Waals surface area (Å²) >= 11 is 0. The number of halogens is 2. The van der Waals surface area contributed by atoms with Gasteiger partial charge in [-0.05, 0) is 99.1 Å². The maximum absolute atomic E-state index is 13.4. The topological polar surface area (TPSA) is 133 Å². The molecule has 0 aliphatic carbocycles. The van der Waals surface area contributed by atoms with Gasteiger partial charge in [0, 0.05) is 0 Å². The Morgan fingerprint density at radius 1 is 0.784 bits per heavy atom.